The van der Waals surface area contributed by atoms with Crippen LogP contribution >= 0.6 is 0 Å². The van der Waals surface area contributed by atoms with Crippen molar-refractivity contribution in [3.8, 4) is 0 Å². The number of aliphatic carboxylic acids is 1. The fraction of sp³-hybridized carbons (Fsp3) is 0.778. The van der Waals surface area contributed by atoms with Crippen molar-refractivity contribution in [2.45, 2.75) is 37.8 Å². The maximum absolute atomic E-state index is 10.9. The van der Waals surface area contributed by atoms with Crippen LogP contribution in [0.4, 0.5) is 0 Å². The number of carbonyl (C=O) groups is 2. The number of carboxylic acids is 1. The molecular formula is C9H16O8. The molecule has 0 aliphatic carbocycles. The normalized spacial score (nSPS) is 17.9. The maximum Gasteiger partial charge on any atom is 0.335 e. The quantitative estimate of drug-likeness (QED) is 0.312. The summed E-state index contributed by atoms with van der Waals surface area (Å²) in [6.07, 6.45) is -7.72. The topological polar surface area (TPSA) is 145 Å². The Kier molecular flexibility index (Phi) is 6.66. The molecular weight excluding hydrogens is 236 g/mol. The Morgan fingerprint density at radius 1 is 1.18 bits per heavy atom. The van der Waals surface area contributed by atoms with Gasteiger partial charge in [-0.2, -0.15) is 0 Å². The Morgan fingerprint density at radius 3 is 2.06 bits per heavy atom. The fourth-order valence-electron chi connectivity index (χ4n) is 1.02. The number of aliphatic hydroxyl groups is 4. The molecule has 0 saturated heterocycles. The van der Waals surface area contributed by atoms with Crippen molar-refractivity contribution in [2.24, 2.45) is 0 Å². The first kappa shape index (κ1) is 15.8. The third-order valence-electron chi connectivity index (χ3n) is 2.06. The van der Waals surface area contributed by atoms with Gasteiger partial charge in [0.2, 0.25) is 0 Å². The second kappa shape index (κ2) is 7.17. The molecule has 0 aromatic carbocycles. The molecule has 0 aliphatic heterocycles. The van der Waals surface area contributed by atoms with Crippen molar-refractivity contribution in [1.29, 1.82) is 0 Å². The van der Waals surface area contributed by atoms with Gasteiger partial charge in [0.15, 0.2) is 12.2 Å². The average Bonchev–Trinajstić information content (AvgIpc) is 2.32. The first-order valence-electron chi connectivity index (χ1n) is 4.92. The van der Waals surface area contributed by atoms with Crippen molar-refractivity contribution >= 4 is 11.9 Å². The standard InChI is InChI=1S/C9H16O8/c1-2-5(11)17-4(3-10)6(12)7(13)8(14)9(15)16/h4,6-8,10,12-14H,2-3H2,1H3,(H,15,16). The summed E-state index contributed by atoms with van der Waals surface area (Å²) in [5, 5.41) is 44.9. The number of esters is 1. The van der Waals surface area contributed by atoms with Gasteiger partial charge in [0.25, 0.3) is 0 Å². The zero-order chi connectivity index (χ0) is 13.6. The molecule has 0 radical (unpaired) electrons. The van der Waals surface area contributed by atoms with E-state index >= 15 is 0 Å². The fourth-order valence-corrected chi connectivity index (χ4v) is 1.02. The molecule has 8 nitrogen and oxygen atoms in total. The van der Waals surface area contributed by atoms with Crippen LogP contribution in [0.15, 0.2) is 0 Å². The Hall–Kier alpha value is -1.22. The average molecular weight is 252 g/mol. The highest BCUT2D eigenvalue weighted by Crippen LogP contribution is 2.09. The monoisotopic (exact) mass is 252 g/mol. The van der Waals surface area contributed by atoms with Gasteiger partial charge in [-0.3, -0.25) is 4.79 Å². The summed E-state index contributed by atoms with van der Waals surface area (Å²) in [5.41, 5.74) is 0. The highest BCUT2D eigenvalue weighted by Gasteiger charge is 2.36. The van der Waals surface area contributed by atoms with Crippen LogP contribution in [0.5, 0.6) is 0 Å². The van der Waals surface area contributed by atoms with E-state index in [9.17, 15) is 19.8 Å². The Morgan fingerprint density at radius 2 is 1.71 bits per heavy atom. The van der Waals surface area contributed by atoms with Crippen LogP contribution < -0.4 is 0 Å². The highest BCUT2D eigenvalue weighted by atomic mass is 16.6. The van der Waals surface area contributed by atoms with Gasteiger partial charge in [0.05, 0.1) is 6.61 Å². The molecule has 8 heteroatoms. The summed E-state index contributed by atoms with van der Waals surface area (Å²) in [6.45, 7) is 0.669. The SMILES string of the molecule is CCC(=O)OC(CO)C(O)C(O)C(O)C(=O)O. The minimum absolute atomic E-state index is 0.0131. The van der Waals surface area contributed by atoms with Crippen molar-refractivity contribution in [2.75, 3.05) is 6.61 Å². The summed E-state index contributed by atoms with van der Waals surface area (Å²) in [7, 11) is 0. The van der Waals surface area contributed by atoms with Crippen molar-refractivity contribution in [1.82, 2.24) is 0 Å². The van der Waals surface area contributed by atoms with E-state index in [1.54, 1.807) is 0 Å². The molecule has 5 N–H and O–H groups in total. The second-order valence-corrected chi connectivity index (χ2v) is 3.33. The number of carboxylic acid groups (broad SMARTS) is 1. The predicted molar refractivity (Wildman–Crippen MR) is 52.9 cm³/mol. The molecule has 0 aromatic rings. The third-order valence-corrected chi connectivity index (χ3v) is 2.06. The molecule has 0 amide bonds. The zero-order valence-electron chi connectivity index (χ0n) is 9.18. The van der Waals surface area contributed by atoms with E-state index in [1.165, 1.54) is 6.92 Å². The van der Waals surface area contributed by atoms with Gasteiger partial charge < -0.3 is 30.3 Å². The molecule has 0 heterocycles. The van der Waals surface area contributed by atoms with Crippen LogP contribution in [0.25, 0.3) is 0 Å². The first-order valence-corrected chi connectivity index (χ1v) is 4.92. The minimum atomic E-state index is -2.24. The maximum atomic E-state index is 10.9. The molecule has 4 atom stereocenters. The molecule has 4 unspecified atom stereocenters. The summed E-state index contributed by atoms with van der Waals surface area (Å²) in [5.74, 6) is -2.48. The van der Waals surface area contributed by atoms with Crippen LogP contribution in [0.3, 0.4) is 0 Å². The molecule has 0 aromatic heterocycles. The molecule has 17 heavy (non-hydrogen) atoms. The van der Waals surface area contributed by atoms with Gasteiger partial charge >= 0.3 is 11.9 Å². The van der Waals surface area contributed by atoms with Gasteiger partial charge in [-0.15, -0.1) is 0 Å². The molecule has 0 saturated carbocycles. The summed E-state index contributed by atoms with van der Waals surface area (Å²) >= 11 is 0. The molecule has 0 fully saturated rings. The minimum Gasteiger partial charge on any atom is -0.479 e. The van der Waals surface area contributed by atoms with Gasteiger partial charge in [-0.05, 0) is 0 Å². The second-order valence-electron chi connectivity index (χ2n) is 3.33. The Labute approximate surface area is 97.1 Å². The molecule has 0 spiro atoms. The van der Waals surface area contributed by atoms with Crippen LogP contribution in [0.2, 0.25) is 0 Å². The predicted octanol–water partition coefficient (Wildman–Crippen LogP) is -2.53. The molecule has 0 bridgehead atoms. The lowest BCUT2D eigenvalue weighted by Gasteiger charge is -2.26. The number of rotatable bonds is 7. The van der Waals surface area contributed by atoms with Gasteiger partial charge in [0.1, 0.15) is 12.2 Å². The summed E-state index contributed by atoms with van der Waals surface area (Å²) in [4.78, 5) is 21.3. The van der Waals surface area contributed by atoms with Crippen molar-refractivity contribution < 1.29 is 39.9 Å². The van der Waals surface area contributed by atoms with E-state index in [-0.39, 0.29) is 6.42 Å². The van der Waals surface area contributed by atoms with Crippen molar-refractivity contribution in [3.63, 3.8) is 0 Å². The van der Waals surface area contributed by atoms with Crippen LogP contribution in [0, 0.1) is 0 Å². The van der Waals surface area contributed by atoms with Crippen LogP contribution in [-0.2, 0) is 14.3 Å². The van der Waals surface area contributed by atoms with E-state index in [1.807, 2.05) is 0 Å². The van der Waals surface area contributed by atoms with Crippen molar-refractivity contribution in [3.05, 3.63) is 0 Å². The largest absolute Gasteiger partial charge is 0.479 e. The van der Waals surface area contributed by atoms with E-state index in [2.05, 4.69) is 4.74 Å². The van der Waals surface area contributed by atoms with E-state index < -0.39 is 43.0 Å². The first-order chi connectivity index (χ1) is 7.84. The highest BCUT2D eigenvalue weighted by molar-refractivity contribution is 5.73. The smallest absolute Gasteiger partial charge is 0.335 e. The summed E-state index contributed by atoms with van der Waals surface area (Å²) in [6, 6.07) is 0. The van der Waals surface area contributed by atoms with E-state index in [0.717, 1.165) is 0 Å². The van der Waals surface area contributed by atoms with E-state index in [0.29, 0.717) is 0 Å². The molecule has 0 aliphatic rings. The van der Waals surface area contributed by atoms with Crippen LogP contribution in [-0.4, -0.2) is 68.5 Å². The zero-order valence-corrected chi connectivity index (χ0v) is 9.18. The van der Waals surface area contributed by atoms with Gasteiger partial charge in [0, 0.05) is 6.42 Å². The number of aliphatic hydroxyl groups excluding tert-OH is 4. The lowest BCUT2D eigenvalue weighted by molar-refractivity contribution is -0.176. The number of hydrogen-bond donors (Lipinski definition) is 5. The number of carbonyl (C=O) groups excluding carboxylic acids is 1. The molecule has 0 rings (SSSR count). The third kappa shape index (κ3) is 4.65. The summed E-state index contributed by atoms with van der Waals surface area (Å²) < 4.78 is 4.56. The van der Waals surface area contributed by atoms with E-state index in [4.69, 9.17) is 15.3 Å². The van der Waals surface area contributed by atoms with Gasteiger partial charge in [-0.1, -0.05) is 6.92 Å². The number of ether oxygens (including phenoxy) is 1. The van der Waals surface area contributed by atoms with Crippen LogP contribution in [0.1, 0.15) is 13.3 Å². The lowest BCUT2D eigenvalue weighted by atomic mass is 10.0. The lowest BCUT2D eigenvalue weighted by Crippen LogP contribution is -2.50. The van der Waals surface area contributed by atoms with Gasteiger partial charge in [-0.25, -0.2) is 4.79 Å². The Balaban J connectivity index is 4.57. The Bertz CT molecular complexity index is 266. The molecule has 100 valence electrons. The number of hydrogen-bond acceptors (Lipinski definition) is 7.